The second kappa shape index (κ2) is 4.63. The van der Waals surface area contributed by atoms with Crippen LogP contribution < -0.4 is 4.74 Å². The van der Waals surface area contributed by atoms with Crippen LogP contribution in [-0.4, -0.2) is 7.11 Å². The van der Waals surface area contributed by atoms with E-state index in [0.717, 1.165) is 23.5 Å². The fourth-order valence-corrected chi connectivity index (χ4v) is 5.47. The lowest BCUT2D eigenvalue weighted by Gasteiger charge is -2.50. The van der Waals surface area contributed by atoms with E-state index >= 15 is 0 Å². The summed E-state index contributed by atoms with van der Waals surface area (Å²) >= 11 is 0. The van der Waals surface area contributed by atoms with E-state index in [9.17, 15) is 0 Å². The molecule has 112 valence electrons. The highest BCUT2D eigenvalue weighted by atomic mass is 16.5. The van der Waals surface area contributed by atoms with Crippen molar-refractivity contribution in [3.8, 4) is 5.75 Å². The minimum absolute atomic E-state index is 0.491. The van der Waals surface area contributed by atoms with Gasteiger partial charge in [-0.05, 0) is 85.5 Å². The largest absolute Gasteiger partial charge is 0.497 e. The first-order valence-corrected chi connectivity index (χ1v) is 8.47. The topological polar surface area (TPSA) is 9.23 Å². The third kappa shape index (κ3) is 1.82. The molecule has 1 heteroatoms. The van der Waals surface area contributed by atoms with Gasteiger partial charge in [0.2, 0.25) is 0 Å². The van der Waals surface area contributed by atoms with Crippen LogP contribution >= 0.6 is 0 Å². The van der Waals surface area contributed by atoms with Crippen LogP contribution in [0.15, 0.2) is 29.8 Å². The molecule has 0 N–H and O–H groups in total. The van der Waals surface area contributed by atoms with Crippen molar-refractivity contribution < 1.29 is 4.74 Å². The first-order valence-electron chi connectivity index (χ1n) is 8.47. The summed E-state index contributed by atoms with van der Waals surface area (Å²) in [6.07, 6.45) is 9.17. The number of methoxy groups -OCH3 is 1. The summed E-state index contributed by atoms with van der Waals surface area (Å²) in [7, 11) is 1.77. The Hall–Kier alpha value is -1.24. The van der Waals surface area contributed by atoms with Gasteiger partial charge < -0.3 is 4.74 Å². The third-order valence-corrected chi connectivity index (χ3v) is 6.90. The quantitative estimate of drug-likeness (QED) is 0.651. The summed E-state index contributed by atoms with van der Waals surface area (Å²) in [4.78, 5) is 0. The molecular weight excluding hydrogens is 256 g/mol. The number of fused-ring (bicyclic) bond motifs is 5. The third-order valence-electron chi connectivity index (χ3n) is 6.90. The van der Waals surface area contributed by atoms with Crippen LogP contribution in [0.5, 0.6) is 5.75 Å². The van der Waals surface area contributed by atoms with Crippen molar-refractivity contribution in [2.24, 2.45) is 17.3 Å². The summed E-state index contributed by atoms with van der Waals surface area (Å²) in [6, 6.07) is 6.79. The number of rotatable bonds is 1. The second-order valence-electron chi connectivity index (χ2n) is 7.56. The molecule has 3 aliphatic carbocycles. The Balaban J connectivity index is 1.69. The Bertz CT molecular complexity index is 600. The summed E-state index contributed by atoms with van der Waals surface area (Å²) < 4.78 is 5.41. The lowest BCUT2D eigenvalue weighted by molar-refractivity contribution is 0.0753. The average molecular weight is 282 g/mol. The van der Waals surface area contributed by atoms with Crippen molar-refractivity contribution in [2.45, 2.75) is 51.9 Å². The minimum atomic E-state index is 0.491. The van der Waals surface area contributed by atoms with Gasteiger partial charge in [0.05, 0.1) is 7.11 Å². The van der Waals surface area contributed by atoms with Crippen molar-refractivity contribution >= 4 is 0 Å². The van der Waals surface area contributed by atoms with Crippen LogP contribution in [0.1, 0.15) is 56.6 Å². The van der Waals surface area contributed by atoms with E-state index in [1.165, 1.54) is 32.1 Å². The zero-order valence-corrected chi connectivity index (χ0v) is 13.5. The van der Waals surface area contributed by atoms with Gasteiger partial charge in [0.15, 0.2) is 0 Å². The number of aryl methyl sites for hydroxylation is 1. The zero-order chi connectivity index (χ0) is 14.6. The van der Waals surface area contributed by atoms with Crippen LogP contribution in [0.2, 0.25) is 0 Å². The maximum Gasteiger partial charge on any atom is 0.119 e. The smallest absolute Gasteiger partial charge is 0.119 e. The van der Waals surface area contributed by atoms with E-state index in [4.69, 9.17) is 4.74 Å². The van der Waals surface area contributed by atoms with E-state index < -0.39 is 0 Å². The Kier molecular flexibility index (Phi) is 2.96. The van der Waals surface area contributed by atoms with Crippen LogP contribution in [-0.2, 0) is 6.42 Å². The summed E-state index contributed by atoms with van der Waals surface area (Å²) in [5, 5.41) is 0. The van der Waals surface area contributed by atoms with E-state index in [1.807, 2.05) is 0 Å². The normalized spacial score (nSPS) is 37.3. The molecule has 0 amide bonds. The summed E-state index contributed by atoms with van der Waals surface area (Å²) in [6.45, 7) is 4.89. The summed E-state index contributed by atoms with van der Waals surface area (Å²) in [5.41, 5.74) is 5.32. The van der Waals surface area contributed by atoms with Crippen molar-refractivity contribution in [1.82, 2.24) is 0 Å². The van der Waals surface area contributed by atoms with Crippen LogP contribution in [0, 0.1) is 17.3 Å². The molecule has 0 aliphatic heterocycles. The Morgan fingerprint density at radius 3 is 2.90 bits per heavy atom. The Morgan fingerprint density at radius 1 is 1.24 bits per heavy atom. The van der Waals surface area contributed by atoms with Crippen LogP contribution in [0.3, 0.4) is 0 Å². The predicted molar refractivity (Wildman–Crippen MR) is 86.8 cm³/mol. The molecule has 21 heavy (non-hydrogen) atoms. The monoisotopic (exact) mass is 282 g/mol. The molecular formula is C20H26O. The van der Waals surface area contributed by atoms with Crippen LogP contribution in [0.4, 0.5) is 0 Å². The molecule has 1 aromatic rings. The van der Waals surface area contributed by atoms with Crippen molar-refractivity contribution in [2.75, 3.05) is 7.11 Å². The molecule has 0 radical (unpaired) electrons. The molecule has 1 aromatic carbocycles. The van der Waals surface area contributed by atoms with Crippen molar-refractivity contribution in [3.05, 3.63) is 41.0 Å². The van der Waals surface area contributed by atoms with Gasteiger partial charge in [-0.2, -0.15) is 0 Å². The number of hydrogen-bond donors (Lipinski definition) is 0. The molecule has 0 bridgehead atoms. The molecule has 1 fully saturated rings. The molecule has 4 rings (SSSR count). The molecule has 3 aliphatic rings. The first-order chi connectivity index (χ1) is 10.1. The van der Waals surface area contributed by atoms with Gasteiger partial charge in [0.1, 0.15) is 5.75 Å². The maximum absolute atomic E-state index is 5.41. The zero-order valence-electron chi connectivity index (χ0n) is 13.5. The molecule has 0 spiro atoms. The fourth-order valence-electron chi connectivity index (χ4n) is 5.47. The van der Waals surface area contributed by atoms with Crippen molar-refractivity contribution in [1.29, 1.82) is 0 Å². The molecule has 1 saturated carbocycles. The van der Waals surface area contributed by atoms with E-state index in [0.29, 0.717) is 5.41 Å². The molecule has 0 saturated heterocycles. The van der Waals surface area contributed by atoms with Crippen LogP contribution in [0.25, 0.3) is 0 Å². The lowest BCUT2D eigenvalue weighted by Crippen LogP contribution is -2.40. The van der Waals surface area contributed by atoms with Gasteiger partial charge in [-0.15, -0.1) is 0 Å². The first kappa shape index (κ1) is 13.4. The lowest BCUT2D eigenvalue weighted by atomic mass is 9.54. The maximum atomic E-state index is 5.41. The summed E-state index contributed by atoms with van der Waals surface area (Å²) in [5.74, 6) is 3.58. The Labute approximate surface area is 128 Å². The van der Waals surface area contributed by atoms with Gasteiger partial charge in [0, 0.05) is 0 Å². The highest BCUT2D eigenvalue weighted by molar-refractivity contribution is 5.41. The number of benzene rings is 1. The van der Waals surface area contributed by atoms with Gasteiger partial charge in [-0.3, -0.25) is 0 Å². The average Bonchev–Trinajstić information content (AvgIpc) is 2.82. The highest BCUT2D eigenvalue weighted by Crippen LogP contribution is 2.60. The molecule has 4 unspecified atom stereocenters. The van der Waals surface area contributed by atoms with Crippen molar-refractivity contribution in [3.63, 3.8) is 0 Å². The van der Waals surface area contributed by atoms with Gasteiger partial charge in [-0.1, -0.05) is 24.6 Å². The fraction of sp³-hybridized carbons (Fsp3) is 0.600. The number of allylic oxidation sites excluding steroid dienone is 2. The molecule has 0 aromatic heterocycles. The van der Waals surface area contributed by atoms with Gasteiger partial charge >= 0.3 is 0 Å². The molecule has 4 atom stereocenters. The standard InChI is InChI=1S/C20H26O/c1-13-4-9-19-18-7-5-14-12-15(21-3)6-8-16(14)17(18)10-11-20(13,19)2/h4,6,8,12,17-19H,5,7,9-11H2,1-3H3. The van der Waals surface area contributed by atoms with Gasteiger partial charge in [-0.25, -0.2) is 0 Å². The Morgan fingerprint density at radius 2 is 2.10 bits per heavy atom. The number of hydrogen-bond acceptors (Lipinski definition) is 1. The second-order valence-corrected chi connectivity index (χ2v) is 7.56. The van der Waals surface area contributed by atoms with Gasteiger partial charge in [0.25, 0.3) is 0 Å². The van der Waals surface area contributed by atoms with E-state index in [-0.39, 0.29) is 0 Å². The van der Waals surface area contributed by atoms with E-state index in [1.54, 1.807) is 23.8 Å². The van der Waals surface area contributed by atoms with E-state index in [2.05, 4.69) is 38.1 Å². The SMILES string of the molecule is COc1ccc2c(c1)CCC1C2CCC2(C)C(C)=CCC12. The number of ether oxygens (including phenoxy) is 1. The highest BCUT2D eigenvalue weighted by Gasteiger charge is 2.50. The predicted octanol–water partition coefficient (Wildman–Crippen LogP) is 5.11. The molecule has 1 nitrogen and oxygen atoms in total. The molecule has 0 heterocycles. The minimum Gasteiger partial charge on any atom is -0.497 e.